The molecule has 0 bridgehead atoms. The lowest BCUT2D eigenvalue weighted by molar-refractivity contribution is -0.130. The van der Waals surface area contributed by atoms with Crippen LogP contribution in [-0.4, -0.2) is 39.1 Å². The van der Waals surface area contributed by atoms with Crippen LogP contribution in [0.5, 0.6) is 0 Å². The summed E-state index contributed by atoms with van der Waals surface area (Å²) in [4.78, 5) is 29.0. The summed E-state index contributed by atoms with van der Waals surface area (Å²) in [5, 5.41) is 12.9. The molecule has 0 radical (unpaired) electrons. The molecule has 7 nitrogen and oxygen atoms in total. The Balaban J connectivity index is 1.42. The zero-order valence-electron chi connectivity index (χ0n) is 14.1. The van der Waals surface area contributed by atoms with Crippen LogP contribution in [0.1, 0.15) is 59.2 Å². The first-order chi connectivity index (χ1) is 12.0. The van der Waals surface area contributed by atoms with Crippen LogP contribution < -0.4 is 0 Å². The summed E-state index contributed by atoms with van der Waals surface area (Å²) in [5.74, 6) is 0.939. The smallest absolute Gasteiger partial charge is 0.335 e. The molecule has 132 valence electrons. The third-order valence-electron chi connectivity index (χ3n) is 4.25. The minimum absolute atomic E-state index is 0.0317. The van der Waals surface area contributed by atoms with Crippen LogP contribution in [0.4, 0.5) is 0 Å². The normalized spacial score (nSPS) is 13.6. The van der Waals surface area contributed by atoms with Gasteiger partial charge in [0.2, 0.25) is 11.8 Å². The molecular weight excluding hydrogens is 322 g/mol. The summed E-state index contributed by atoms with van der Waals surface area (Å²) >= 11 is 0. The van der Waals surface area contributed by atoms with E-state index >= 15 is 0 Å². The Morgan fingerprint density at radius 2 is 2.00 bits per heavy atom. The zero-order valence-corrected chi connectivity index (χ0v) is 14.1. The minimum atomic E-state index is -0.957. The number of carbonyl (C=O) groups is 2. The number of nitrogens with zero attached hydrogens (tertiary/aromatic N) is 3. The van der Waals surface area contributed by atoms with Crippen molar-refractivity contribution in [2.45, 2.75) is 44.6 Å². The number of benzene rings is 1. The second kappa shape index (κ2) is 7.46. The van der Waals surface area contributed by atoms with Gasteiger partial charge in [-0.3, -0.25) is 4.79 Å². The monoisotopic (exact) mass is 343 g/mol. The summed E-state index contributed by atoms with van der Waals surface area (Å²) in [6.45, 7) is 0.450. The van der Waals surface area contributed by atoms with E-state index in [0.717, 1.165) is 24.2 Å². The highest BCUT2D eigenvalue weighted by Crippen LogP contribution is 2.38. The van der Waals surface area contributed by atoms with E-state index in [-0.39, 0.29) is 11.5 Å². The van der Waals surface area contributed by atoms with Crippen molar-refractivity contribution < 1.29 is 19.2 Å². The van der Waals surface area contributed by atoms with E-state index < -0.39 is 5.97 Å². The van der Waals surface area contributed by atoms with Gasteiger partial charge in [-0.15, -0.1) is 0 Å². The standard InChI is InChI=1S/C18H21N3O4/c1-21(11-12-5-7-14(8-6-12)18(23)24)16(22)4-2-3-15-19-17(20-25-15)13-9-10-13/h5-8,13H,2-4,9-11H2,1H3,(H,23,24). The molecule has 1 amide bonds. The number of hydrogen-bond donors (Lipinski definition) is 1. The molecule has 1 aliphatic carbocycles. The lowest BCUT2D eigenvalue weighted by Crippen LogP contribution is -2.26. The molecule has 0 atom stereocenters. The van der Waals surface area contributed by atoms with Crippen molar-refractivity contribution in [1.29, 1.82) is 0 Å². The maximum absolute atomic E-state index is 12.2. The SMILES string of the molecule is CN(Cc1ccc(C(=O)O)cc1)C(=O)CCCc1nc(C2CC2)no1. The Kier molecular flexibility index (Phi) is 5.11. The van der Waals surface area contributed by atoms with Crippen molar-refractivity contribution >= 4 is 11.9 Å². The molecule has 2 aromatic rings. The van der Waals surface area contributed by atoms with E-state index in [2.05, 4.69) is 10.1 Å². The highest BCUT2D eigenvalue weighted by Gasteiger charge is 2.28. The molecular formula is C18H21N3O4. The number of hydrogen-bond acceptors (Lipinski definition) is 5. The lowest BCUT2D eigenvalue weighted by Gasteiger charge is -2.17. The maximum Gasteiger partial charge on any atom is 0.335 e. The fourth-order valence-corrected chi connectivity index (χ4v) is 2.57. The fraction of sp³-hybridized carbons (Fsp3) is 0.444. The van der Waals surface area contributed by atoms with Crippen molar-refractivity contribution in [3.05, 3.63) is 47.1 Å². The highest BCUT2D eigenvalue weighted by atomic mass is 16.5. The maximum atomic E-state index is 12.2. The van der Waals surface area contributed by atoms with Crippen molar-refractivity contribution in [1.82, 2.24) is 15.0 Å². The van der Waals surface area contributed by atoms with Gasteiger partial charge in [-0.2, -0.15) is 4.98 Å². The van der Waals surface area contributed by atoms with Gasteiger partial charge in [-0.25, -0.2) is 4.79 Å². The van der Waals surface area contributed by atoms with Crippen LogP contribution in [0.3, 0.4) is 0 Å². The molecule has 7 heteroatoms. The molecule has 1 aliphatic rings. The highest BCUT2D eigenvalue weighted by molar-refractivity contribution is 5.87. The Labute approximate surface area is 145 Å². The van der Waals surface area contributed by atoms with E-state index in [1.807, 2.05) is 0 Å². The molecule has 1 fully saturated rings. The molecule has 1 heterocycles. The summed E-state index contributed by atoms with van der Waals surface area (Å²) < 4.78 is 5.20. The molecule has 1 saturated carbocycles. The van der Waals surface area contributed by atoms with Gasteiger partial charge in [0, 0.05) is 32.4 Å². The second-order valence-electron chi connectivity index (χ2n) is 6.43. The number of carboxylic acid groups (broad SMARTS) is 1. The Hall–Kier alpha value is -2.70. The number of aromatic nitrogens is 2. The second-order valence-corrected chi connectivity index (χ2v) is 6.43. The molecule has 0 unspecified atom stereocenters. The Bertz CT molecular complexity index is 750. The summed E-state index contributed by atoms with van der Waals surface area (Å²) in [6, 6.07) is 6.54. The van der Waals surface area contributed by atoms with Crippen LogP contribution in [0.15, 0.2) is 28.8 Å². The third kappa shape index (κ3) is 4.65. The predicted octanol–water partition coefficient (Wildman–Crippen LogP) is 2.63. The summed E-state index contributed by atoms with van der Waals surface area (Å²) in [6.07, 6.45) is 3.94. The van der Waals surface area contributed by atoms with Gasteiger partial charge in [-0.1, -0.05) is 17.3 Å². The number of carbonyl (C=O) groups excluding carboxylic acids is 1. The zero-order chi connectivity index (χ0) is 17.8. The summed E-state index contributed by atoms with van der Waals surface area (Å²) in [5.41, 5.74) is 1.13. The van der Waals surface area contributed by atoms with Crippen LogP contribution in [0, 0.1) is 0 Å². The average Bonchev–Trinajstić information content (AvgIpc) is 3.34. The van der Waals surface area contributed by atoms with E-state index in [4.69, 9.17) is 9.63 Å². The average molecular weight is 343 g/mol. The van der Waals surface area contributed by atoms with E-state index in [1.165, 1.54) is 0 Å². The lowest BCUT2D eigenvalue weighted by atomic mass is 10.1. The number of amides is 1. The van der Waals surface area contributed by atoms with Gasteiger partial charge in [-0.05, 0) is 37.0 Å². The van der Waals surface area contributed by atoms with Crippen molar-refractivity contribution in [3.63, 3.8) is 0 Å². The van der Waals surface area contributed by atoms with Crippen molar-refractivity contribution in [3.8, 4) is 0 Å². The number of rotatable bonds is 8. The molecule has 1 N–H and O–H groups in total. The van der Waals surface area contributed by atoms with Gasteiger partial charge in [0.25, 0.3) is 0 Å². The van der Waals surface area contributed by atoms with E-state index in [1.54, 1.807) is 36.2 Å². The molecule has 0 saturated heterocycles. The molecule has 25 heavy (non-hydrogen) atoms. The largest absolute Gasteiger partial charge is 0.478 e. The molecule has 0 spiro atoms. The predicted molar refractivity (Wildman–Crippen MR) is 89.1 cm³/mol. The van der Waals surface area contributed by atoms with Crippen molar-refractivity contribution in [2.75, 3.05) is 7.05 Å². The molecule has 1 aromatic carbocycles. The van der Waals surface area contributed by atoms with Gasteiger partial charge < -0.3 is 14.5 Å². The van der Waals surface area contributed by atoms with Crippen molar-refractivity contribution in [2.24, 2.45) is 0 Å². The Morgan fingerprint density at radius 3 is 2.64 bits per heavy atom. The van der Waals surface area contributed by atoms with E-state index in [9.17, 15) is 9.59 Å². The number of aryl methyl sites for hydroxylation is 1. The third-order valence-corrected chi connectivity index (χ3v) is 4.25. The van der Waals surface area contributed by atoms with Crippen LogP contribution in [0.2, 0.25) is 0 Å². The first-order valence-electron chi connectivity index (χ1n) is 8.41. The number of carboxylic acids is 1. The minimum Gasteiger partial charge on any atom is -0.478 e. The van der Waals surface area contributed by atoms with Gasteiger partial charge in [0.05, 0.1) is 5.56 Å². The number of aromatic carboxylic acids is 1. The quantitative estimate of drug-likeness (QED) is 0.791. The van der Waals surface area contributed by atoms with E-state index in [0.29, 0.717) is 37.6 Å². The van der Waals surface area contributed by atoms with Crippen LogP contribution in [0.25, 0.3) is 0 Å². The molecule has 0 aliphatic heterocycles. The molecule has 1 aromatic heterocycles. The Morgan fingerprint density at radius 1 is 1.28 bits per heavy atom. The first kappa shape index (κ1) is 17.1. The fourth-order valence-electron chi connectivity index (χ4n) is 2.57. The van der Waals surface area contributed by atoms with Gasteiger partial charge >= 0.3 is 5.97 Å². The van der Waals surface area contributed by atoms with Gasteiger partial charge in [0.15, 0.2) is 5.82 Å². The topological polar surface area (TPSA) is 96.5 Å². The molecule has 3 rings (SSSR count). The van der Waals surface area contributed by atoms with Crippen LogP contribution in [-0.2, 0) is 17.8 Å². The first-order valence-corrected chi connectivity index (χ1v) is 8.41. The van der Waals surface area contributed by atoms with Crippen LogP contribution >= 0.6 is 0 Å². The summed E-state index contributed by atoms with van der Waals surface area (Å²) in [7, 11) is 1.74. The van der Waals surface area contributed by atoms with Gasteiger partial charge in [0.1, 0.15) is 0 Å².